The zero-order chi connectivity index (χ0) is 14.4. The van der Waals surface area contributed by atoms with Crippen molar-refractivity contribution < 1.29 is 4.42 Å². The fraction of sp³-hybridized carbons (Fsp3) is 0.312. The van der Waals surface area contributed by atoms with Crippen LogP contribution in [-0.2, 0) is 0 Å². The summed E-state index contributed by atoms with van der Waals surface area (Å²) in [6, 6.07) is 8.57. The number of nitrogens with one attached hydrogen (secondary N) is 1. The maximum absolute atomic E-state index is 5.80. The molecule has 1 saturated carbocycles. The molecule has 1 fully saturated rings. The van der Waals surface area contributed by atoms with Crippen molar-refractivity contribution in [1.82, 2.24) is 4.98 Å². The molecule has 5 heteroatoms. The molecule has 2 aromatic heterocycles. The van der Waals surface area contributed by atoms with Crippen molar-refractivity contribution in [3.63, 3.8) is 0 Å². The number of thiophene rings is 1. The maximum atomic E-state index is 5.80. The van der Waals surface area contributed by atoms with Gasteiger partial charge in [-0.05, 0) is 60.0 Å². The van der Waals surface area contributed by atoms with Gasteiger partial charge in [-0.2, -0.15) is 0 Å². The summed E-state index contributed by atoms with van der Waals surface area (Å²) < 4.78 is 6.93. The van der Waals surface area contributed by atoms with Gasteiger partial charge in [-0.15, -0.1) is 11.3 Å². The van der Waals surface area contributed by atoms with Crippen molar-refractivity contribution in [3.8, 4) is 0 Å². The fourth-order valence-corrected chi connectivity index (χ4v) is 3.87. The van der Waals surface area contributed by atoms with E-state index in [1.165, 1.54) is 17.7 Å². The first kappa shape index (κ1) is 13.3. The lowest BCUT2D eigenvalue weighted by Crippen LogP contribution is -2.04. The van der Waals surface area contributed by atoms with Crippen molar-refractivity contribution in [2.75, 3.05) is 5.32 Å². The standard InChI is InChI=1S/C16H15BrN2OS/c1-9(15-6-11(17)8-21-15)18-12-4-5-14-13(7-12)19-16(20-14)10-2-3-10/h4-10,18H,2-3H2,1H3. The van der Waals surface area contributed by atoms with Crippen LogP contribution in [0, 0.1) is 0 Å². The van der Waals surface area contributed by atoms with Gasteiger partial charge in [0.05, 0.1) is 6.04 Å². The zero-order valence-corrected chi connectivity index (χ0v) is 14.0. The molecule has 0 spiro atoms. The van der Waals surface area contributed by atoms with Crippen molar-refractivity contribution >= 4 is 44.1 Å². The van der Waals surface area contributed by atoms with Gasteiger partial charge in [0.15, 0.2) is 11.5 Å². The van der Waals surface area contributed by atoms with Gasteiger partial charge in [0, 0.05) is 26.3 Å². The van der Waals surface area contributed by atoms with E-state index in [0.29, 0.717) is 5.92 Å². The van der Waals surface area contributed by atoms with Gasteiger partial charge in [0.1, 0.15) is 5.52 Å². The third-order valence-corrected chi connectivity index (χ3v) is 5.60. The molecular formula is C16H15BrN2OS. The van der Waals surface area contributed by atoms with Crippen LogP contribution in [-0.4, -0.2) is 4.98 Å². The van der Waals surface area contributed by atoms with E-state index in [1.807, 2.05) is 6.07 Å². The third kappa shape index (κ3) is 2.72. The Morgan fingerprint density at radius 1 is 1.38 bits per heavy atom. The molecule has 1 atom stereocenters. The lowest BCUT2D eigenvalue weighted by Gasteiger charge is -2.13. The molecule has 0 radical (unpaired) electrons. The summed E-state index contributed by atoms with van der Waals surface area (Å²) in [5.74, 6) is 1.45. The van der Waals surface area contributed by atoms with E-state index >= 15 is 0 Å². The van der Waals surface area contributed by atoms with Crippen LogP contribution >= 0.6 is 27.3 Å². The highest BCUT2D eigenvalue weighted by Crippen LogP contribution is 2.40. The van der Waals surface area contributed by atoms with Crippen LogP contribution in [0.4, 0.5) is 5.69 Å². The highest BCUT2D eigenvalue weighted by molar-refractivity contribution is 9.10. The molecule has 1 unspecified atom stereocenters. The Balaban J connectivity index is 1.58. The number of aromatic nitrogens is 1. The highest BCUT2D eigenvalue weighted by atomic mass is 79.9. The van der Waals surface area contributed by atoms with Crippen LogP contribution in [0.1, 0.15) is 42.5 Å². The molecule has 1 aromatic carbocycles. The van der Waals surface area contributed by atoms with Gasteiger partial charge in [-0.3, -0.25) is 0 Å². The molecule has 108 valence electrons. The lowest BCUT2D eigenvalue weighted by molar-refractivity contribution is 0.533. The number of benzene rings is 1. The average Bonchev–Trinajstić information content (AvgIpc) is 3.09. The molecule has 3 aromatic rings. The van der Waals surface area contributed by atoms with E-state index in [1.54, 1.807) is 11.3 Å². The number of oxazole rings is 1. The number of fused-ring (bicyclic) bond motifs is 1. The normalized spacial score (nSPS) is 16.3. The van der Waals surface area contributed by atoms with Crippen molar-refractivity contribution in [2.45, 2.75) is 31.7 Å². The SMILES string of the molecule is CC(Nc1ccc2oc(C3CC3)nc2c1)c1cc(Br)cs1. The van der Waals surface area contributed by atoms with E-state index < -0.39 is 0 Å². The van der Waals surface area contributed by atoms with E-state index in [0.717, 1.165) is 27.2 Å². The summed E-state index contributed by atoms with van der Waals surface area (Å²) in [5.41, 5.74) is 2.91. The Bertz CT molecular complexity index is 791. The van der Waals surface area contributed by atoms with Crippen LogP contribution in [0.5, 0.6) is 0 Å². The van der Waals surface area contributed by atoms with Gasteiger partial charge in [-0.1, -0.05) is 0 Å². The van der Waals surface area contributed by atoms with Gasteiger partial charge in [-0.25, -0.2) is 4.98 Å². The monoisotopic (exact) mass is 362 g/mol. The first-order valence-corrected chi connectivity index (χ1v) is 8.77. The summed E-state index contributed by atoms with van der Waals surface area (Å²) in [4.78, 5) is 5.91. The van der Waals surface area contributed by atoms with Crippen LogP contribution in [0.3, 0.4) is 0 Å². The summed E-state index contributed by atoms with van der Waals surface area (Å²) in [6.07, 6.45) is 2.42. The second-order valence-corrected chi connectivity index (χ2v) is 7.40. The smallest absolute Gasteiger partial charge is 0.198 e. The van der Waals surface area contributed by atoms with Crippen LogP contribution in [0.15, 0.2) is 38.5 Å². The van der Waals surface area contributed by atoms with Crippen LogP contribution in [0.25, 0.3) is 11.1 Å². The number of halogens is 1. The first-order valence-electron chi connectivity index (χ1n) is 7.10. The fourth-order valence-electron chi connectivity index (χ4n) is 2.42. The number of nitrogens with zero attached hydrogens (tertiary/aromatic N) is 1. The van der Waals surface area contributed by atoms with E-state index in [2.05, 4.69) is 56.7 Å². The maximum Gasteiger partial charge on any atom is 0.198 e. The average molecular weight is 363 g/mol. The topological polar surface area (TPSA) is 38.1 Å². The van der Waals surface area contributed by atoms with Crippen molar-refractivity contribution in [2.24, 2.45) is 0 Å². The van der Waals surface area contributed by atoms with E-state index in [4.69, 9.17) is 4.42 Å². The van der Waals surface area contributed by atoms with Crippen LogP contribution < -0.4 is 5.32 Å². The summed E-state index contributed by atoms with van der Waals surface area (Å²) in [6.45, 7) is 2.17. The Labute approximate surface area is 135 Å². The molecule has 1 aliphatic rings. The first-order chi connectivity index (χ1) is 10.2. The minimum absolute atomic E-state index is 0.272. The second kappa shape index (κ2) is 5.14. The Hall–Kier alpha value is -1.33. The number of anilines is 1. The lowest BCUT2D eigenvalue weighted by atomic mass is 10.2. The number of rotatable bonds is 4. The largest absolute Gasteiger partial charge is 0.440 e. The predicted molar refractivity (Wildman–Crippen MR) is 90.0 cm³/mol. The number of hydrogen-bond acceptors (Lipinski definition) is 4. The van der Waals surface area contributed by atoms with Gasteiger partial charge >= 0.3 is 0 Å². The molecular weight excluding hydrogens is 348 g/mol. The van der Waals surface area contributed by atoms with Crippen molar-refractivity contribution in [1.29, 1.82) is 0 Å². The molecule has 2 heterocycles. The minimum atomic E-state index is 0.272. The molecule has 4 rings (SSSR count). The molecule has 0 bridgehead atoms. The third-order valence-electron chi connectivity index (χ3n) is 3.73. The Morgan fingerprint density at radius 3 is 2.95 bits per heavy atom. The quantitative estimate of drug-likeness (QED) is 0.646. The predicted octanol–water partition coefficient (Wildman–Crippen LogP) is 5.70. The molecule has 0 saturated heterocycles. The van der Waals surface area contributed by atoms with Crippen molar-refractivity contribution in [3.05, 3.63) is 44.9 Å². The zero-order valence-electron chi connectivity index (χ0n) is 11.6. The van der Waals surface area contributed by atoms with Gasteiger partial charge in [0.2, 0.25) is 0 Å². The van der Waals surface area contributed by atoms with E-state index in [9.17, 15) is 0 Å². The molecule has 1 aliphatic carbocycles. The minimum Gasteiger partial charge on any atom is -0.440 e. The summed E-state index contributed by atoms with van der Waals surface area (Å²) >= 11 is 5.25. The van der Waals surface area contributed by atoms with Crippen LogP contribution in [0.2, 0.25) is 0 Å². The summed E-state index contributed by atoms with van der Waals surface area (Å²) in [7, 11) is 0. The number of hydrogen-bond donors (Lipinski definition) is 1. The second-order valence-electron chi connectivity index (χ2n) is 5.54. The molecule has 1 N–H and O–H groups in total. The Kier molecular flexibility index (Phi) is 3.27. The molecule has 0 amide bonds. The van der Waals surface area contributed by atoms with E-state index in [-0.39, 0.29) is 6.04 Å². The molecule has 21 heavy (non-hydrogen) atoms. The summed E-state index contributed by atoms with van der Waals surface area (Å²) in [5, 5.41) is 5.63. The molecule has 0 aliphatic heterocycles. The van der Waals surface area contributed by atoms with Gasteiger partial charge in [0.25, 0.3) is 0 Å². The Morgan fingerprint density at radius 2 is 2.24 bits per heavy atom. The molecule has 3 nitrogen and oxygen atoms in total. The van der Waals surface area contributed by atoms with Gasteiger partial charge < -0.3 is 9.73 Å². The highest BCUT2D eigenvalue weighted by Gasteiger charge is 2.28.